The molecule has 1 aliphatic rings. The van der Waals surface area contributed by atoms with Gasteiger partial charge in [-0.15, -0.1) is 0 Å². The second-order valence-electron chi connectivity index (χ2n) is 2.94. The zero-order valence-electron chi connectivity index (χ0n) is 6.43. The Labute approximate surface area is 61.7 Å². The quantitative estimate of drug-likeness (QED) is 0.555. The summed E-state index contributed by atoms with van der Waals surface area (Å²) in [5, 5.41) is 0. The number of fused-ring (bicyclic) bond motifs is 1. The number of rotatable bonds is 1. The van der Waals surface area contributed by atoms with Crippen LogP contribution in [0.1, 0.15) is 24.6 Å². The third-order valence-electron chi connectivity index (χ3n) is 2.37. The lowest BCUT2D eigenvalue weighted by molar-refractivity contribution is 0.750. The number of aromatic nitrogens is 1. The van der Waals surface area contributed by atoms with Crippen LogP contribution in [0.3, 0.4) is 0 Å². The SMILES string of the molecule is CCc1ccn2c1CCC2. The maximum absolute atomic E-state index is 2.39. The van der Waals surface area contributed by atoms with Gasteiger partial charge in [0.25, 0.3) is 0 Å². The van der Waals surface area contributed by atoms with Crippen molar-refractivity contribution < 1.29 is 0 Å². The Hall–Kier alpha value is -0.720. The second-order valence-corrected chi connectivity index (χ2v) is 2.94. The average Bonchev–Trinajstić information content (AvgIpc) is 2.44. The summed E-state index contributed by atoms with van der Waals surface area (Å²) in [7, 11) is 0. The first kappa shape index (κ1) is 6.02. The van der Waals surface area contributed by atoms with Gasteiger partial charge in [-0.05, 0) is 30.9 Å². The highest BCUT2D eigenvalue weighted by Crippen LogP contribution is 2.20. The lowest BCUT2D eigenvalue weighted by Gasteiger charge is -1.96. The zero-order valence-corrected chi connectivity index (χ0v) is 6.43. The van der Waals surface area contributed by atoms with E-state index >= 15 is 0 Å². The summed E-state index contributed by atoms with van der Waals surface area (Å²) in [5.41, 5.74) is 3.14. The van der Waals surface area contributed by atoms with Crippen LogP contribution in [0.15, 0.2) is 12.3 Å². The molecule has 0 fully saturated rings. The lowest BCUT2D eigenvalue weighted by atomic mass is 10.1. The molecule has 0 bridgehead atoms. The van der Waals surface area contributed by atoms with Gasteiger partial charge in [0.05, 0.1) is 0 Å². The highest BCUT2D eigenvalue weighted by atomic mass is 15.0. The largest absolute Gasteiger partial charge is 0.351 e. The van der Waals surface area contributed by atoms with E-state index in [1.165, 1.54) is 25.8 Å². The van der Waals surface area contributed by atoms with Crippen molar-refractivity contribution in [1.82, 2.24) is 4.57 Å². The molecule has 0 unspecified atom stereocenters. The topological polar surface area (TPSA) is 4.93 Å². The van der Waals surface area contributed by atoms with Crippen LogP contribution in [0.4, 0.5) is 0 Å². The zero-order chi connectivity index (χ0) is 6.97. The van der Waals surface area contributed by atoms with Crippen molar-refractivity contribution in [3.05, 3.63) is 23.5 Å². The van der Waals surface area contributed by atoms with Crippen LogP contribution in [-0.2, 0) is 19.4 Å². The molecule has 0 N–H and O–H groups in total. The van der Waals surface area contributed by atoms with E-state index in [2.05, 4.69) is 23.8 Å². The predicted molar refractivity (Wildman–Crippen MR) is 42.1 cm³/mol. The van der Waals surface area contributed by atoms with Gasteiger partial charge in [0.2, 0.25) is 0 Å². The maximum atomic E-state index is 2.39. The Balaban J connectivity index is 2.44. The smallest absolute Gasteiger partial charge is 0.0226 e. The molecule has 1 aliphatic heterocycles. The number of aryl methyl sites for hydroxylation is 2. The molecular formula is C9H13N. The molecule has 1 aromatic heterocycles. The van der Waals surface area contributed by atoms with E-state index < -0.39 is 0 Å². The maximum Gasteiger partial charge on any atom is 0.0226 e. The normalized spacial score (nSPS) is 15.7. The molecule has 0 spiro atoms. The fourth-order valence-electron chi connectivity index (χ4n) is 1.80. The second kappa shape index (κ2) is 2.15. The van der Waals surface area contributed by atoms with Crippen molar-refractivity contribution in [3.63, 3.8) is 0 Å². The molecule has 0 saturated heterocycles. The van der Waals surface area contributed by atoms with Crippen LogP contribution in [0.5, 0.6) is 0 Å². The van der Waals surface area contributed by atoms with E-state index in [1.54, 1.807) is 11.3 Å². The predicted octanol–water partition coefficient (Wildman–Crippen LogP) is 2.00. The summed E-state index contributed by atoms with van der Waals surface area (Å²) in [6.07, 6.45) is 6.07. The summed E-state index contributed by atoms with van der Waals surface area (Å²) in [5.74, 6) is 0. The standard InChI is InChI=1S/C9H13N/c1-2-8-5-7-10-6-3-4-9(8)10/h5,7H,2-4,6H2,1H3. The van der Waals surface area contributed by atoms with Crippen molar-refractivity contribution in [3.8, 4) is 0 Å². The first-order valence-corrected chi connectivity index (χ1v) is 4.08. The van der Waals surface area contributed by atoms with Crippen molar-refractivity contribution in [2.24, 2.45) is 0 Å². The van der Waals surface area contributed by atoms with Crippen molar-refractivity contribution in [2.75, 3.05) is 0 Å². The molecule has 0 aromatic carbocycles. The first-order chi connectivity index (χ1) is 4.92. The number of nitrogens with zero attached hydrogens (tertiary/aromatic N) is 1. The molecule has 10 heavy (non-hydrogen) atoms. The van der Waals surface area contributed by atoms with Gasteiger partial charge in [0.15, 0.2) is 0 Å². The van der Waals surface area contributed by atoms with Crippen LogP contribution >= 0.6 is 0 Å². The van der Waals surface area contributed by atoms with Gasteiger partial charge in [0.1, 0.15) is 0 Å². The van der Waals surface area contributed by atoms with Gasteiger partial charge in [-0.2, -0.15) is 0 Å². The van der Waals surface area contributed by atoms with Gasteiger partial charge in [-0.1, -0.05) is 6.92 Å². The van der Waals surface area contributed by atoms with Crippen LogP contribution in [-0.4, -0.2) is 4.57 Å². The summed E-state index contributed by atoms with van der Waals surface area (Å²) in [6, 6.07) is 2.26. The highest BCUT2D eigenvalue weighted by Gasteiger charge is 2.12. The first-order valence-electron chi connectivity index (χ1n) is 4.08. The minimum absolute atomic E-state index is 1.20. The Morgan fingerprint density at radius 1 is 1.60 bits per heavy atom. The molecule has 0 amide bonds. The van der Waals surface area contributed by atoms with Crippen molar-refractivity contribution in [1.29, 1.82) is 0 Å². The monoisotopic (exact) mass is 135 g/mol. The lowest BCUT2D eigenvalue weighted by Crippen LogP contribution is -1.89. The average molecular weight is 135 g/mol. The molecular weight excluding hydrogens is 122 g/mol. The van der Waals surface area contributed by atoms with E-state index in [0.717, 1.165) is 0 Å². The molecule has 1 aromatic rings. The van der Waals surface area contributed by atoms with E-state index in [1.807, 2.05) is 0 Å². The highest BCUT2D eigenvalue weighted by molar-refractivity contribution is 5.24. The van der Waals surface area contributed by atoms with Crippen LogP contribution in [0, 0.1) is 0 Å². The number of hydrogen-bond donors (Lipinski definition) is 0. The Morgan fingerprint density at radius 3 is 3.30 bits per heavy atom. The van der Waals surface area contributed by atoms with Crippen LogP contribution in [0.2, 0.25) is 0 Å². The molecule has 1 heteroatoms. The molecule has 1 nitrogen and oxygen atoms in total. The van der Waals surface area contributed by atoms with Gasteiger partial charge in [-0.3, -0.25) is 0 Å². The van der Waals surface area contributed by atoms with Crippen molar-refractivity contribution >= 4 is 0 Å². The van der Waals surface area contributed by atoms with Gasteiger partial charge in [-0.25, -0.2) is 0 Å². The third-order valence-corrected chi connectivity index (χ3v) is 2.37. The fourth-order valence-corrected chi connectivity index (χ4v) is 1.80. The van der Waals surface area contributed by atoms with E-state index in [9.17, 15) is 0 Å². The molecule has 54 valence electrons. The van der Waals surface area contributed by atoms with Crippen molar-refractivity contribution in [2.45, 2.75) is 32.7 Å². The van der Waals surface area contributed by atoms with Gasteiger partial charge >= 0.3 is 0 Å². The molecule has 0 saturated carbocycles. The van der Waals surface area contributed by atoms with Gasteiger partial charge < -0.3 is 4.57 Å². The third kappa shape index (κ3) is 0.698. The Morgan fingerprint density at radius 2 is 2.50 bits per heavy atom. The van der Waals surface area contributed by atoms with Crippen LogP contribution in [0.25, 0.3) is 0 Å². The minimum Gasteiger partial charge on any atom is -0.351 e. The van der Waals surface area contributed by atoms with E-state index in [0.29, 0.717) is 0 Å². The Bertz CT molecular complexity index is 235. The molecule has 0 aliphatic carbocycles. The number of hydrogen-bond acceptors (Lipinski definition) is 0. The summed E-state index contributed by atoms with van der Waals surface area (Å²) in [4.78, 5) is 0. The molecule has 0 radical (unpaired) electrons. The molecule has 0 atom stereocenters. The molecule has 2 rings (SSSR count). The summed E-state index contributed by atoms with van der Waals surface area (Å²) in [6.45, 7) is 3.48. The van der Waals surface area contributed by atoms with Gasteiger partial charge in [0, 0.05) is 18.4 Å². The van der Waals surface area contributed by atoms with Crippen LogP contribution < -0.4 is 0 Å². The summed E-state index contributed by atoms with van der Waals surface area (Å²) < 4.78 is 2.39. The molecule has 2 heterocycles. The Kier molecular flexibility index (Phi) is 1.30. The van der Waals surface area contributed by atoms with E-state index in [-0.39, 0.29) is 0 Å². The van der Waals surface area contributed by atoms with E-state index in [4.69, 9.17) is 0 Å². The summed E-state index contributed by atoms with van der Waals surface area (Å²) >= 11 is 0. The fraction of sp³-hybridized carbons (Fsp3) is 0.556. The minimum atomic E-state index is 1.20.